The van der Waals surface area contributed by atoms with Gasteiger partial charge in [0.15, 0.2) is 10.1 Å². The van der Waals surface area contributed by atoms with Crippen LogP contribution in [-0.4, -0.2) is 48.5 Å². The molecule has 0 N–H and O–H groups in total. The molecule has 0 saturated carbocycles. The number of alkyl halides is 3. The Hall–Kier alpha value is 0.0400. The van der Waals surface area contributed by atoms with Gasteiger partial charge in [0.2, 0.25) is 0 Å². The number of hydrogen-bond donors (Lipinski definition) is 0. The second kappa shape index (κ2) is 9.06. The van der Waals surface area contributed by atoms with Gasteiger partial charge in [-0.05, 0) is 6.42 Å². The molecule has 1 heterocycles. The summed E-state index contributed by atoms with van der Waals surface area (Å²) in [6.07, 6.45) is 6.87. The van der Waals surface area contributed by atoms with E-state index in [1.165, 1.54) is 19.4 Å². The summed E-state index contributed by atoms with van der Waals surface area (Å²) in [6.45, 7) is 4.50. The van der Waals surface area contributed by atoms with Gasteiger partial charge in [0.05, 0.1) is 6.67 Å². The Balaban J connectivity index is 0. The third kappa shape index (κ3) is 9.55. The van der Waals surface area contributed by atoms with Crippen LogP contribution < -0.4 is 29.6 Å². The molecule has 0 aliphatic carbocycles. The van der Waals surface area contributed by atoms with Crippen molar-refractivity contribution in [3.8, 4) is 0 Å². The van der Waals surface area contributed by atoms with Gasteiger partial charge in [0, 0.05) is 26.0 Å². The summed E-state index contributed by atoms with van der Waals surface area (Å²) in [5.41, 5.74) is -5.65. The predicted molar refractivity (Wildman–Crippen MR) is 59.1 cm³/mol. The standard InChI is InChI=1S/C8H16N2.CHF3O3S.Na/c1-3-4-5-10-7-6-9(2)8-10;2-1(3,4)8(5,6)7;/h6-7H,3-5,8H2,1-2H3;(H,5,6,7);/q;;+1/p-1. The number of unbranched alkanes of at least 4 members (excludes halogenated alkanes) is 1. The van der Waals surface area contributed by atoms with Crippen LogP contribution in [0.1, 0.15) is 19.8 Å². The Morgan fingerprint density at radius 1 is 1.32 bits per heavy atom. The van der Waals surface area contributed by atoms with Crippen molar-refractivity contribution in [3.63, 3.8) is 0 Å². The van der Waals surface area contributed by atoms with E-state index in [0.29, 0.717) is 0 Å². The van der Waals surface area contributed by atoms with Crippen molar-refractivity contribution in [1.29, 1.82) is 0 Å². The Kier molecular flexibility index (Phi) is 10.2. The van der Waals surface area contributed by atoms with E-state index in [1.807, 2.05) is 0 Å². The average Bonchev–Trinajstić information content (AvgIpc) is 2.59. The summed E-state index contributed by atoms with van der Waals surface area (Å²) >= 11 is 0. The monoisotopic (exact) mass is 312 g/mol. The van der Waals surface area contributed by atoms with Crippen LogP contribution in [0.4, 0.5) is 13.2 Å². The van der Waals surface area contributed by atoms with Crippen LogP contribution in [0.3, 0.4) is 0 Å². The minimum Gasteiger partial charge on any atom is -0.741 e. The Morgan fingerprint density at radius 2 is 1.79 bits per heavy atom. The molecule has 1 aliphatic heterocycles. The summed E-state index contributed by atoms with van der Waals surface area (Å²) < 4.78 is 58.9. The minimum atomic E-state index is -6.09. The van der Waals surface area contributed by atoms with E-state index in [0.717, 1.165) is 6.67 Å². The zero-order valence-corrected chi connectivity index (χ0v) is 14.0. The van der Waals surface area contributed by atoms with Crippen molar-refractivity contribution < 1.29 is 55.7 Å². The molecule has 0 amide bonds. The van der Waals surface area contributed by atoms with Gasteiger partial charge in [-0.1, -0.05) is 13.3 Å². The van der Waals surface area contributed by atoms with Crippen LogP contribution >= 0.6 is 0 Å². The van der Waals surface area contributed by atoms with Crippen LogP contribution in [0.5, 0.6) is 0 Å². The van der Waals surface area contributed by atoms with Gasteiger partial charge in [-0.25, -0.2) is 8.42 Å². The summed E-state index contributed by atoms with van der Waals surface area (Å²) in [7, 11) is -3.99. The van der Waals surface area contributed by atoms with Crippen molar-refractivity contribution in [3.05, 3.63) is 12.4 Å². The van der Waals surface area contributed by atoms with Crippen molar-refractivity contribution in [2.75, 3.05) is 20.3 Å². The molecule has 0 unspecified atom stereocenters. The Morgan fingerprint density at radius 3 is 2.05 bits per heavy atom. The quantitative estimate of drug-likeness (QED) is 0.361. The van der Waals surface area contributed by atoms with Gasteiger partial charge < -0.3 is 14.4 Å². The third-order valence-electron chi connectivity index (χ3n) is 2.02. The summed E-state index contributed by atoms with van der Waals surface area (Å²) in [6, 6.07) is 0. The molecular weight excluding hydrogens is 296 g/mol. The second-order valence-electron chi connectivity index (χ2n) is 3.76. The van der Waals surface area contributed by atoms with E-state index in [9.17, 15) is 13.2 Å². The molecule has 0 fully saturated rings. The fourth-order valence-corrected chi connectivity index (χ4v) is 1.10. The maximum absolute atomic E-state index is 10.7. The number of rotatable bonds is 3. The molecule has 1 rings (SSSR count). The van der Waals surface area contributed by atoms with Crippen LogP contribution in [0.15, 0.2) is 12.4 Å². The summed E-state index contributed by atoms with van der Waals surface area (Å²) in [4.78, 5) is 4.53. The van der Waals surface area contributed by atoms with Gasteiger partial charge in [0.25, 0.3) is 0 Å². The molecule has 5 nitrogen and oxygen atoms in total. The van der Waals surface area contributed by atoms with Crippen molar-refractivity contribution in [1.82, 2.24) is 9.80 Å². The van der Waals surface area contributed by atoms with Crippen LogP contribution in [-0.2, 0) is 10.1 Å². The topological polar surface area (TPSA) is 63.7 Å². The first-order valence-electron chi connectivity index (χ1n) is 5.22. The van der Waals surface area contributed by atoms with Crippen LogP contribution in [0.2, 0.25) is 0 Å². The Bertz CT molecular complexity index is 373. The van der Waals surface area contributed by atoms with Gasteiger partial charge >= 0.3 is 35.1 Å². The molecule has 19 heavy (non-hydrogen) atoms. The van der Waals surface area contributed by atoms with Gasteiger partial charge in [-0.2, -0.15) is 13.2 Å². The third-order valence-corrected chi connectivity index (χ3v) is 2.59. The number of halogens is 3. The molecule has 0 aromatic heterocycles. The fraction of sp³-hybridized carbons (Fsp3) is 0.778. The van der Waals surface area contributed by atoms with Crippen molar-refractivity contribution >= 4 is 10.1 Å². The molecule has 0 bridgehead atoms. The minimum absolute atomic E-state index is 0. The van der Waals surface area contributed by atoms with Crippen LogP contribution in [0, 0.1) is 0 Å². The maximum Gasteiger partial charge on any atom is 1.00 e. The fourth-order valence-electron chi connectivity index (χ4n) is 1.10. The number of hydrogen-bond acceptors (Lipinski definition) is 5. The summed E-state index contributed by atoms with van der Waals surface area (Å²) in [5, 5.41) is 0. The molecule has 10 heteroatoms. The first-order chi connectivity index (χ1) is 8.08. The van der Waals surface area contributed by atoms with Gasteiger partial charge in [-0.3, -0.25) is 0 Å². The molecule has 1 aliphatic rings. The van der Waals surface area contributed by atoms with E-state index >= 15 is 0 Å². The largest absolute Gasteiger partial charge is 1.00 e. The molecule has 0 aromatic rings. The first-order valence-corrected chi connectivity index (χ1v) is 6.63. The molecular formula is C9H16F3N2NaO3S. The molecule has 0 spiro atoms. The van der Waals surface area contributed by atoms with E-state index in [2.05, 4.69) is 36.2 Å². The first kappa shape index (κ1) is 21.3. The smallest absolute Gasteiger partial charge is 0.741 e. The normalized spacial score (nSPS) is 14.8. The van der Waals surface area contributed by atoms with Crippen molar-refractivity contribution in [2.24, 2.45) is 0 Å². The number of nitrogens with zero attached hydrogens (tertiary/aromatic N) is 2. The zero-order chi connectivity index (χ0) is 14.4. The average molecular weight is 312 g/mol. The molecule has 108 valence electrons. The van der Waals surface area contributed by atoms with E-state index in [-0.39, 0.29) is 29.6 Å². The molecule has 0 aromatic carbocycles. The Labute approximate surface area is 133 Å². The van der Waals surface area contributed by atoms with E-state index in [4.69, 9.17) is 13.0 Å². The SMILES string of the molecule is CCCCN1C=CN(C)C1.O=S(=O)([O-])C(F)(F)F.[Na+]. The van der Waals surface area contributed by atoms with E-state index < -0.39 is 15.6 Å². The van der Waals surface area contributed by atoms with E-state index in [1.54, 1.807) is 0 Å². The maximum atomic E-state index is 10.7. The van der Waals surface area contributed by atoms with Gasteiger partial charge in [0.1, 0.15) is 0 Å². The predicted octanol–water partition coefficient (Wildman–Crippen LogP) is -1.48. The summed E-state index contributed by atoms with van der Waals surface area (Å²) in [5.74, 6) is 0. The van der Waals surface area contributed by atoms with Crippen LogP contribution in [0.25, 0.3) is 0 Å². The van der Waals surface area contributed by atoms with Gasteiger partial charge in [-0.15, -0.1) is 0 Å². The van der Waals surface area contributed by atoms with Crippen molar-refractivity contribution in [2.45, 2.75) is 25.3 Å². The zero-order valence-electron chi connectivity index (χ0n) is 11.1. The second-order valence-corrected chi connectivity index (χ2v) is 5.13. The molecule has 0 atom stereocenters. The molecule has 0 radical (unpaired) electrons. The molecule has 0 saturated heterocycles.